The van der Waals surface area contributed by atoms with Crippen LogP contribution in [-0.2, 0) is 16.0 Å². The molecule has 1 aliphatic rings. The zero-order valence-electron chi connectivity index (χ0n) is 11.5. The van der Waals surface area contributed by atoms with E-state index in [0.717, 1.165) is 17.4 Å². The van der Waals surface area contributed by atoms with Gasteiger partial charge < -0.3 is 15.0 Å². The maximum atomic E-state index is 11.3. The molecular formula is C13H21N3O2S. The van der Waals surface area contributed by atoms with Crippen LogP contribution in [0.25, 0.3) is 0 Å². The van der Waals surface area contributed by atoms with Gasteiger partial charge in [0.25, 0.3) is 0 Å². The molecule has 0 amide bonds. The number of hydrogen-bond acceptors (Lipinski definition) is 6. The van der Waals surface area contributed by atoms with Crippen LogP contribution in [0.15, 0.2) is 5.38 Å². The first-order chi connectivity index (χ1) is 9.19. The fraction of sp³-hybridized carbons (Fsp3) is 0.692. The number of hydrogen-bond donors (Lipinski definition) is 1. The normalized spacial score (nSPS) is 19.6. The minimum Gasteiger partial charge on any atom is -0.466 e. The van der Waals surface area contributed by atoms with E-state index in [1.54, 1.807) is 11.3 Å². The van der Waals surface area contributed by atoms with Crippen molar-refractivity contribution in [3.05, 3.63) is 11.1 Å². The van der Waals surface area contributed by atoms with E-state index in [4.69, 9.17) is 4.74 Å². The molecule has 0 aromatic carbocycles. The Morgan fingerprint density at radius 2 is 2.53 bits per heavy atom. The number of carbonyl (C=O) groups is 1. The number of esters is 1. The van der Waals surface area contributed by atoms with Crippen molar-refractivity contribution in [2.45, 2.75) is 32.2 Å². The van der Waals surface area contributed by atoms with Crippen molar-refractivity contribution >= 4 is 22.4 Å². The van der Waals surface area contributed by atoms with Gasteiger partial charge in [-0.3, -0.25) is 4.79 Å². The molecular weight excluding hydrogens is 262 g/mol. The monoisotopic (exact) mass is 283 g/mol. The largest absolute Gasteiger partial charge is 0.466 e. The van der Waals surface area contributed by atoms with Crippen LogP contribution in [0.1, 0.15) is 25.5 Å². The Balaban J connectivity index is 1.78. The lowest BCUT2D eigenvalue weighted by atomic mass is 10.2. The van der Waals surface area contributed by atoms with E-state index in [9.17, 15) is 4.79 Å². The van der Waals surface area contributed by atoms with E-state index in [-0.39, 0.29) is 12.4 Å². The van der Waals surface area contributed by atoms with E-state index in [1.165, 1.54) is 19.4 Å². The van der Waals surface area contributed by atoms with Gasteiger partial charge in [-0.2, -0.15) is 0 Å². The van der Waals surface area contributed by atoms with Gasteiger partial charge in [0.05, 0.1) is 18.7 Å². The number of nitrogens with one attached hydrogen (secondary N) is 1. The molecule has 0 radical (unpaired) electrons. The first-order valence-corrected chi connectivity index (χ1v) is 7.61. The molecule has 0 bridgehead atoms. The highest BCUT2D eigenvalue weighted by molar-refractivity contribution is 7.13. The third-order valence-electron chi connectivity index (χ3n) is 3.34. The van der Waals surface area contributed by atoms with E-state index in [0.29, 0.717) is 12.6 Å². The van der Waals surface area contributed by atoms with Gasteiger partial charge in [-0.1, -0.05) is 0 Å². The highest BCUT2D eigenvalue weighted by Crippen LogP contribution is 2.19. The third-order valence-corrected chi connectivity index (χ3v) is 4.19. The summed E-state index contributed by atoms with van der Waals surface area (Å²) in [5.74, 6) is -0.213. The van der Waals surface area contributed by atoms with E-state index < -0.39 is 0 Å². The van der Waals surface area contributed by atoms with E-state index >= 15 is 0 Å². The molecule has 1 aliphatic heterocycles. The summed E-state index contributed by atoms with van der Waals surface area (Å²) in [5, 5.41) is 6.16. The molecule has 1 aromatic heterocycles. The molecule has 5 nitrogen and oxygen atoms in total. The number of anilines is 1. The number of nitrogens with zero attached hydrogens (tertiary/aromatic N) is 2. The Bertz CT molecular complexity index is 422. The fourth-order valence-corrected chi connectivity index (χ4v) is 2.99. The summed E-state index contributed by atoms with van der Waals surface area (Å²) in [6, 6.07) is 0.595. The minimum atomic E-state index is -0.213. The van der Waals surface area contributed by atoms with Crippen LogP contribution >= 0.6 is 11.3 Å². The maximum Gasteiger partial charge on any atom is 0.311 e. The predicted molar refractivity (Wildman–Crippen MR) is 76.6 cm³/mol. The van der Waals surface area contributed by atoms with Crippen LogP contribution in [0, 0.1) is 0 Å². The van der Waals surface area contributed by atoms with E-state index in [1.807, 2.05) is 12.3 Å². The molecule has 2 heterocycles. The lowest BCUT2D eigenvalue weighted by molar-refractivity contribution is -0.142. The van der Waals surface area contributed by atoms with Crippen LogP contribution in [-0.4, -0.2) is 48.6 Å². The van der Waals surface area contributed by atoms with Crippen molar-refractivity contribution in [2.24, 2.45) is 0 Å². The van der Waals surface area contributed by atoms with Crippen LogP contribution in [0.2, 0.25) is 0 Å². The smallest absolute Gasteiger partial charge is 0.311 e. The van der Waals surface area contributed by atoms with E-state index in [2.05, 4.69) is 22.2 Å². The number of thiazole rings is 1. The zero-order valence-corrected chi connectivity index (χ0v) is 12.3. The Morgan fingerprint density at radius 1 is 1.68 bits per heavy atom. The van der Waals surface area contributed by atoms with Gasteiger partial charge in [0.15, 0.2) is 5.13 Å². The summed E-state index contributed by atoms with van der Waals surface area (Å²) < 4.78 is 4.91. The number of likely N-dealkylation sites (N-methyl/N-ethyl adjacent to an activating group) is 1. The average molecular weight is 283 g/mol. The van der Waals surface area contributed by atoms with Crippen molar-refractivity contribution in [3.8, 4) is 0 Å². The number of rotatable bonds is 6. The van der Waals surface area contributed by atoms with Crippen LogP contribution in [0.3, 0.4) is 0 Å². The topological polar surface area (TPSA) is 54.5 Å². The van der Waals surface area contributed by atoms with Gasteiger partial charge in [-0.05, 0) is 33.4 Å². The molecule has 1 saturated heterocycles. The van der Waals surface area contributed by atoms with Crippen LogP contribution in [0.5, 0.6) is 0 Å². The molecule has 2 rings (SSSR count). The van der Waals surface area contributed by atoms with Gasteiger partial charge in [-0.15, -0.1) is 11.3 Å². The molecule has 1 fully saturated rings. The second kappa shape index (κ2) is 6.86. The van der Waals surface area contributed by atoms with Crippen LogP contribution in [0.4, 0.5) is 5.13 Å². The average Bonchev–Trinajstić information content (AvgIpc) is 2.96. The lowest BCUT2D eigenvalue weighted by Crippen LogP contribution is -2.31. The van der Waals surface area contributed by atoms with Crippen molar-refractivity contribution in [1.29, 1.82) is 0 Å². The number of likely N-dealkylation sites (tertiary alicyclic amines) is 1. The second-order valence-electron chi connectivity index (χ2n) is 4.78. The molecule has 0 saturated carbocycles. The molecule has 0 aliphatic carbocycles. The summed E-state index contributed by atoms with van der Waals surface area (Å²) >= 11 is 1.55. The first kappa shape index (κ1) is 14.3. The van der Waals surface area contributed by atoms with Gasteiger partial charge in [0.2, 0.25) is 0 Å². The van der Waals surface area contributed by atoms with Crippen molar-refractivity contribution in [1.82, 2.24) is 9.88 Å². The Hall–Kier alpha value is -1.14. The highest BCUT2D eigenvalue weighted by atomic mass is 32.1. The summed E-state index contributed by atoms with van der Waals surface area (Å²) in [6.07, 6.45) is 2.77. The summed E-state index contributed by atoms with van der Waals surface area (Å²) in [7, 11) is 2.16. The molecule has 1 atom stereocenters. The first-order valence-electron chi connectivity index (χ1n) is 6.73. The zero-order chi connectivity index (χ0) is 13.7. The molecule has 1 N–H and O–H groups in total. The lowest BCUT2D eigenvalue weighted by Gasteiger charge is -2.19. The van der Waals surface area contributed by atoms with Gasteiger partial charge >= 0.3 is 5.97 Å². The molecule has 19 heavy (non-hydrogen) atoms. The summed E-state index contributed by atoms with van der Waals surface area (Å²) in [6.45, 7) is 4.33. The standard InChI is InChI=1S/C13H21N3O2S/c1-3-18-12(17)7-10-9-19-13(15-10)14-8-11-5-4-6-16(11)2/h9,11H,3-8H2,1-2H3,(H,14,15). The maximum absolute atomic E-state index is 11.3. The van der Waals surface area contributed by atoms with Crippen molar-refractivity contribution in [2.75, 3.05) is 32.1 Å². The quantitative estimate of drug-likeness (QED) is 0.806. The van der Waals surface area contributed by atoms with Crippen molar-refractivity contribution in [3.63, 3.8) is 0 Å². The van der Waals surface area contributed by atoms with Gasteiger partial charge in [0.1, 0.15) is 0 Å². The molecule has 1 aromatic rings. The Kier molecular flexibility index (Phi) is 5.15. The SMILES string of the molecule is CCOC(=O)Cc1csc(NCC2CCCN2C)n1. The van der Waals surface area contributed by atoms with Crippen LogP contribution < -0.4 is 5.32 Å². The molecule has 1 unspecified atom stereocenters. The third kappa shape index (κ3) is 4.18. The Morgan fingerprint density at radius 3 is 3.21 bits per heavy atom. The predicted octanol–water partition coefficient (Wildman–Crippen LogP) is 1.75. The number of aromatic nitrogens is 1. The highest BCUT2D eigenvalue weighted by Gasteiger charge is 2.20. The van der Waals surface area contributed by atoms with Gasteiger partial charge in [-0.25, -0.2) is 4.98 Å². The molecule has 6 heteroatoms. The van der Waals surface area contributed by atoms with Crippen molar-refractivity contribution < 1.29 is 9.53 Å². The second-order valence-corrected chi connectivity index (χ2v) is 5.64. The number of ether oxygens (including phenoxy) is 1. The Labute approximate surface area is 118 Å². The minimum absolute atomic E-state index is 0.213. The number of carbonyl (C=O) groups excluding carboxylic acids is 1. The fourth-order valence-electron chi connectivity index (χ4n) is 2.27. The molecule has 106 valence electrons. The van der Waals surface area contributed by atoms with Gasteiger partial charge in [0, 0.05) is 18.0 Å². The summed E-state index contributed by atoms with van der Waals surface area (Å²) in [4.78, 5) is 18.1. The summed E-state index contributed by atoms with van der Waals surface area (Å²) in [5.41, 5.74) is 0.783. The molecule has 0 spiro atoms.